The molecule has 130 valence electrons. The van der Waals surface area contributed by atoms with Crippen LogP contribution in [0.1, 0.15) is 28.4 Å². The lowest BCUT2D eigenvalue weighted by Crippen LogP contribution is -2.11. The van der Waals surface area contributed by atoms with Gasteiger partial charge in [0, 0.05) is 27.4 Å². The first-order valence-corrected chi connectivity index (χ1v) is 9.02. The van der Waals surface area contributed by atoms with E-state index in [4.69, 9.17) is 5.73 Å². The summed E-state index contributed by atoms with van der Waals surface area (Å²) < 4.78 is 0. The zero-order chi connectivity index (χ0) is 17.6. The number of thiophene rings is 1. The van der Waals surface area contributed by atoms with Gasteiger partial charge >= 0.3 is 0 Å². The molecule has 0 atom stereocenters. The zero-order valence-corrected chi connectivity index (χ0v) is 14.9. The van der Waals surface area contributed by atoms with Crippen molar-refractivity contribution in [3.8, 4) is 11.4 Å². The fourth-order valence-corrected chi connectivity index (χ4v) is 3.42. The number of aryl methyl sites for hydroxylation is 2. The Balaban J connectivity index is 1.49. The highest BCUT2D eigenvalue weighted by molar-refractivity contribution is 7.11. The summed E-state index contributed by atoms with van der Waals surface area (Å²) >= 11 is 1.79. The van der Waals surface area contributed by atoms with Crippen LogP contribution in [0.3, 0.4) is 0 Å². The van der Waals surface area contributed by atoms with Gasteiger partial charge in [-0.3, -0.25) is 9.89 Å². The summed E-state index contributed by atoms with van der Waals surface area (Å²) in [5.74, 6) is 1.28. The molecule has 7 heteroatoms. The van der Waals surface area contributed by atoms with E-state index in [2.05, 4.69) is 39.6 Å². The third kappa shape index (κ3) is 4.74. The quantitative estimate of drug-likeness (QED) is 0.606. The smallest absolute Gasteiger partial charge is 0.224 e. The molecule has 0 saturated carbocycles. The maximum atomic E-state index is 12.1. The monoisotopic (exact) mass is 355 g/mol. The SMILES string of the molecule is Cc1ccc(CCCC(=O)Nc2ccc(-c3n[nH]c(CN)n3)cc2)s1. The Morgan fingerprint density at radius 1 is 1.24 bits per heavy atom. The highest BCUT2D eigenvalue weighted by atomic mass is 32.1. The normalized spacial score (nSPS) is 10.8. The minimum Gasteiger partial charge on any atom is -0.326 e. The Morgan fingerprint density at radius 3 is 2.68 bits per heavy atom. The van der Waals surface area contributed by atoms with Crippen LogP contribution >= 0.6 is 11.3 Å². The van der Waals surface area contributed by atoms with Gasteiger partial charge in [0.1, 0.15) is 5.82 Å². The Hall–Kier alpha value is -2.51. The van der Waals surface area contributed by atoms with Crippen molar-refractivity contribution in [3.63, 3.8) is 0 Å². The third-order valence-corrected chi connectivity index (χ3v) is 4.84. The number of amides is 1. The van der Waals surface area contributed by atoms with E-state index >= 15 is 0 Å². The molecule has 2 aromatic heterocycles. The van der Waals surface area contributed by atoms with Gasteiger partial charge in [0.15, 0.2) is 5.82 Å². The molecule has 0 aliphatic carbocycles. The predicted octanol–water partition coefficient (Wildman–Crippen LogP) is 3.26. The van der Waals surface area contributed by atoms with Crippen molar-refractivity contribution in [2.24, 2.45) is 5.73 Å². The number of hydrogen-bond donors (Lipinski definition) is 3. The molecule has 6 nitrogen and oxygen atoms in total. The summed E-state index contributed by atoms with van der Waals surface area (Å²) in [5.41, 5.74) is 7.17. The molecule has 1 amide bonds. The average Bonchev–Trinajstić information content (AvgIpc) is 3.24. The summed E-state index contributed by atoms with van der Waals surface area (Å²) in [6.07, 6.45) is 2.31. The molecule has 0 aliphatic heterocycles. The van der Waals surface area contributed by atoms with Gasteiger partial charge in [0.25, 0.3) is 0 Å². The molecule has 3 rings (SSSR count). The maximum Gasteiger partial charge on any atom is 0.224 e. The van der Waals surface area contributed by atoms with E-state index in [0.29, 0.717) is 24.6 Å². The second-order valence-corrected chi connectivity index (χ2v) is 7.17. The van der Waals surface area contributed by atoms with Crippen LogP contribution < -0.4 is 11.1 Å². The number of anilines is 1. The number of hydrogen-bond acceptors (Lipinski definition) is 5. The topological polar surface area (TPSA) is 96.7 Å². The van der Waals surface area contributed by atoms with Gasteiger partial charge in [0.05, 0.1) is 6.54 Å². The van der Waals surface area contributed by atoms with Crippen molar-refractivity contribution >= 4 is 22.9 Å². The van der Waals surface area contributed by atoms with Crippen LogP contribution in [0.25, 0.3) is 11.4 Å². The average molecular weight is 355 g/mol. The number of benzene rings is 1. The second-order valence-electron chi connectivity index (χ2n) is 5.80. The van der Waals surface area contributed by atoms with Crippen LogP contribution in [0.4, 0.5) is 5.69 Å². The van der Waals surface area contributed by atoms with Crippen LogP contribution in [0, 0.1) is 6.92 Å². The molecule has 1 aromatic carbocycles. The van der Waals surface area contributed by atoms with Crippen LogP contribution in [0.2, 0.25) is 0 Å². The zero-order valence-electron chi connectivity index (χ0n) is 14.1. The lowest BCUT2D eigenvalue weighted by atomic mass is 10.2. The van der Waals surface area contributed by atoms with Crippen molar-refractivity contribution in [3.05, 3.63) is 52.0 Å². The van der Waals surface area contributed by atoms with Gasteiger partial charge in [-0.25, -0.2) is 4.98 Å². The lowest BCUT2D eigenvalue weighted by molar-refractivity contribution is -0.116. The van der Waals surface area contributed by atoms with Crippen molar-refractivity contribution in [2.45, 2.75) is 32.7 Å². The Labute approximate surface area is 150 Å². The standard InChI is InChI=1S/C18H21N5OS/c1-12-5-10-15(25-12)3-2-4-17(24)20-14-8-6-13(7-9-14)18-21-16(11-19)22-23-18/h5-10H,2-4,11,19H2,1H3,(H,20,24)(H,21,22,23). The summed E-state index contributed by atoms with van der Waals surface area (Å²) in [4.78, 5) is 19.0. The molecule has 0 spiro atoms. The van der Waals surface area contributed by atoms with Crippen molar-refractivity contribution in [1.29, 1.82) is 0 Å². The molecule has 3 aromatic rings. The Kier molecular flexibility index (Phi) is 5.57. The minimum absolute atomic E-state index is 0.0318. The summed E-state index contributed by atoms with van der Waals surface area (Å²) in [5, 5.41) is 9.82. The number of nitrogens with zero attached hydrogens (tertiary/aromatic N) is 2. The van der Waals surface area contributed by atoms with Gasteiger partial charge in [-0.15, -0.1) is 11.3 Å². The largest absolute Gasteiger partial charge is 0.326 e. The number of rotatable bonds is 7. The summed E-state index contributed by atoms with van der Waals surface area (Å²) in [7, 11) is 0. The van der Waals surface area contributed by atoms with Crippen molar-refractivity contribution in [1.82, 2.24) is 15.2 Å². The second kappa shape index (κ2) is 8.04. The van der Waals surface area contributed by atoms with Crippen LogP contribution in [-0.2, 0) is 17.8 Å². The molecule has 0 fully saturated rings. The van der Waals surface area contributed by atoms with Crippen LogP contribution in [0.5, 0.6) is 0 Å². The molecule has 4 N–H and O–H groups in total. The van der Waals surface area contributed by atoms with Crippen LogP contribution in [0.15, 0.2) is 36.4 Å². The third-order valence-electron chi connectivity index (χ3n) is 3.77. The molecule has 0 aliphatic rings. The predicted molar refractivity (Wildman–Crippen MR) is 100 cm³/mol. The number of nitrogens with one attached hydrogen (secondary N) is 2. The van der Waals surface area contributed by atoms with Gasteiger partial charge < -0.3 is 11.1 Å². The highest BCUT2D eigenvalue weighted by Crippen LogP contribution is 2.19. The van der Waals surface area contributed by atoms with Gasteiger partial charge in [-0.2, -0.15) is 5.10 Å². The highest BCUT2D eigenvalue weighted by Gasteiger charge is 2.07. The van der Waals surface area contributed by atoms with E-state index in [0.717, 1.165) is 24.1 Å². The Bertz CT molecular complexity index is 837. The molecular formula is C18H21N5OS. The van der Waals surface area contributed by atoms with Gasteiger partial charge in [0.2, 0.25) is 5.91 Å². The number of aromatic amines is 1. The number of carbonyl (C=O) groups excluding carboxylic acids is 1. The maximum absolute atomic E-state index is 12.1. The number of carbonyl (C=O) groups is 1. The number of aromatic nitrogens is 3. The van der Waals surface area contributed by atoms with E-state index in [-0.39, 0.29) is 5.91 Å². The first kappa shape index (κ1) is 17.3. The fourth-order valence-electron chi connectivity index (χ4n) is 2.48. The van der Waals surface area contributed by atoms with Crippen molar-refractivity contribution in [2.75, 3.05) is 5.32 Å². The van der Waals surface area contributed by atoms with E-state index in [1.165, 1.54) is 9.75 Å². The first-order valence-electron chi connectivity index (χ1n) is 8.21. The molecular weight excluding hydrogens is 334 g/mol. The molecule has 0 radical (unpaired) electrons. The van der Waals surface area contributed by atoms with Gasteiger partial charge in [-0.1, -0.05) is 0 Å². The molecule has 2 heterocycles. The van der Waals surface area contributed by atoms with E-state index in [9.17, 15) is 4.79 Å². The van der Waals surface area contributed by atoms with Gasteiger partial charge in [-0.05, 0) is 56.2 Å². The summed E-state index contributed by atoms with van der Waals surface area (Å²) in [6.45, 7) is 2.42. The van der Waals surface area contributed by atoms with Crippen LogP contribution in [-0.4, -0.2) is 21.1 Å². The number of H-pyrrole nitrogens is 1. The fraction of sp³-hybridized carbons (Fsp3) is 0.278. The molecule has 0 saturated heterocycles. The first-order chi connectivity index (χ1) is 12.1. The Morgan fingerprint density at radius 2 is 2.04 bits per heavy atom. The van der Waals surface area contributed by atoms with E-state index in [1.54, 1.807) is 11.3 Å². The molecule has 0 bridgehead atoms. The van der Waals surface area contributed by atoms with E-state index in [1.807, 2.05) is 24.3 Å². The molecule has 25 heavy (non-hydrogen) atoms. The molecule has 0 unspecified atom stereocenters. The van der Waals surface area contributed by atoms with E-state index < -0.39 is 0 Å². The summed E-state index contributed by atoms with van der Waals surface area (Å²) in [6, 6.07) is 11.7. The lowest BCUT2D eigenvalue weighted by Gasteiger charge is -2.05. The minimum atomic E-state index is 0.0318. The number of nitrogens with two attached hydrogens (primary N) is 1. The van der Waals surface area contributed by atoms with Crippen molar-refractivity contribution < 1.29 is 4.79 Å².